The third kappa shape index (κ3) is 11.1. The second-order valence-electron chi connectivity index (χ2n) is 6.30. The molecule has 128 valence electrons. The van der Waals surface area contributed by atoms with Gasteiger partial charge in [0.25, 0.3) is 0 Å². The smallest absolute Gasteiger partial charge is 0.0610 e. The molecule has 0 fully saturated rings. The van der Waals surface area contributed by atoms with Crippen molar-refractivity contribution in [1.29, 1.82) is 0 Å². The Morgan fingerprint density at radius 2 is 1.67 bits per heavy atom. The number of aliphatic hydroxyl groups excluding tert-OH is 1. The highest BCUT2D eigenvalue weighted by atomic mass is 16.5. The van der Waals surface area contributed by atoms with Gasteiger partial charge in [-0.2, -0.15) is 0 Å². The van der Waals surface area contributed by atoms with Gasteiger partial charge in [0.2, 0.25) is 0 Å². The first-order valence-electron chi connectivity index (χ1n) is 8.06. The quantitative estimate of drug-likeness (QED) is 0.476. The minimum absolute atomic E-state index is 0.174. The predicted molar refractivity (Wildman–Crippen MR) is 87.8 cm³/mol. The van der Waals surface area contributed by atoms with Gasteiger partial charge >= 0.3 is 0 Å². The van der Waals surface area contributed by atoms with Gasteiger partial charge < -0.3 is 24.8 Å². The van der Waals surface area contributed by atoms with E-state index in [1.807, 2.05) is 0 Å². The number of aliphatic hydroxyl groups is 1. The molecule has 0 aliphatic carbocycles. The van der Waals surface area contributed by atoms with Crippen LogP contribution in [0.3, 0.4) is 0 Å². The lowest BCUT2D eigenvalue weighted by Crippen LogP contribution is -2.49. The Morgan fingerprint density at radius 1 is 1.05 bits per heavy atom. The van der Waals surface area contributed by atoms with E-state index in [1.165, 1.54) is 0 Å². The number of rotatable bonds is 14. The van der Waals surface area contributed by atoms with E-state index in [0.29, 0.717) is 6.04 Å². The summed E-state index contributed by atoms with van der Waals surface area (Å²) in [5, 5.41) is 13.1. The fraction of sp³-hybridized carbons (Fsp3) is 1.00. The number of methoxy groups -OCH3 is 2. The van der Waals surface area contributed by atoms with Crippen LogP contribution in [0.25, 0.3) is 0 Å². The van der Waals surface area contributed by atoms with Crippen molar-refractivity contribution in [3.63, 3.8) is 0 Å². The number of nitrogens with one attached hydrogen (secondary N) is 1. The lowest BCUT2D eigenvalue weighted by atomic mass is 9.95. The molecule has 5 heteroatoms. The Balaban J connectivity index is 4.12. The third-order valence-corrected chi connectivity index (χ3v) is 3.62. The summed E-state index contributed by atoms with van der Waals surface area (Å²) in [5.41, 5.74) is -0.187. The molecule has 0 saturated heterocycles. The van der Waals surface area contributed by atoms with Crippen LogP contribution in [0.1, 0.15) is 40.0 Å². The molecule has 0 aromatic rings. The first-order valence-corrected chi connectivity index (χ1v) is 8.06. The minimum Gasteiger partial charge on any atom is -0.394 e. The highest BCUT2D eigenvalue weighted by Crippen LogP contribution is 2.13. The van der Waals surface area contributed by atoms with Crippen LogP contribution in [0.5, 0.6) is 0 Å². The van der Waals surface area contributed by atoms with E-state index < -0.39 is 0 Å². The maximum atomic E-state index is 9.60. The molecule has 1 atom stereocenters. The molecule has 0 heterocycles. The van der Waals surface area contributed by atoms with Crippen LogP contribution < -0.4 is 5.32 Å². The molecule has 0 rings (SSSR count). The predicted octanol–water partition coefficient (Wildman–Crippen LogP) is 1.50. The lowest BCUT2D eigenvalue weighted by Gasteiger charge is -2.32. The molecule has 0 spiro atoms. The number of hydrogen-bond donors (Lipinski definition) is 2. The second-order valence-corrected chi connectivity index (χ2v) is 6.30. The van der Waals surface area contributed by atoms with Gasteiger partial charge in [0.1, 0.15) is 0 Å². The summed E-state index contributed by atoms with van der Waals surface area (Å²) in [5.74, 6) is 0. The summed E-state index contributed by atoms with van der Waals surface area (Å²) in [6.45, 7) is 11.1. The van der Waals surface area contributed by atoms with Crippen LogP contribution >= 0.6 is 0 Å². The van der Waals surface area contributed by atoms with E-state index in [-0.39, 0.29) is 12.1 Å². The van der Waals surface area contributed by atoms with Crippen molar-refractivity contribution in [2.24, 2.45) is 0 Å². The SMILES string of the molecule is COCCCN(CCCC(C)(CO)NC(C)C)CCOC. The number of ether oxygens (including phenoxy) is 2. The van der Waals surface area contributed by atoms with Crippen molar-refractivity contribution >= 4 is 0 Å². The number of hydrogen-bond acceptors (Lipinski definition) is 5. The zero-order chi connectivity index (χ0) is 16.1. The van der Waals surface area contributed by atoms with Gasteiger partial charge in [-0.25, -0.2) is 0 Å². The molecule has 0 bridgehead atoms. The van der Waals surface area contributed by atoms with Crippen LogP contribution in [0.15, 0.2) is 0 Å². The maximum absolute atomic E-state index is 9.60. The van der Waals surface area contributed by atoms with E-state index in [1.54, 1.807) is 14.2 Å². The lowest BCUT2D eigenvalue weighted by molar-refractivity contribution is 0.122. The average molecular weight is 304 g/mol. The van der Waals surface area contributed by atoms with Crippen molar-refractivity contribution in [3.05, 3.63) is 0 Å². The molecule has 5 nitrogen and oxygen atoms in total. The summed E-state index contributed by atoms with van der Waals surface area (Å²) in [4.78, 5) is 2.41. The van der Waals surface area contributed by atoms with Crippen LogP contribution in [0.2, 0.25) is 0 Å². The van der Waals surface area contributed by atoms with Gasteiger partial charge in [-0.05, 0) is 32.7 Å². The van der Waals surface area contributed by atoms with Crippen molar-refractivity contribution < 1.29 is 14.6 Å². The summed E-state index contributed by atoms with van der Waals surface area (Å²) >= 11 is 0. The molecule has 0 amide bonds. The summed E-state index contributed by atoms with van der Waals surface area (Å²) < 4.78 is 10.3. The molecule has 1 unspecified atom stereocenters. The van der Waals surface area contributed by atoms with Gasteiger partial charge in [-0.15, -0.1) is 0 Å². The van der Waals surface area contributed by atoms with E-state index in [0.717, 1.165) is 52.1 Å². The normalized spacial score (nSPS) is 14.9. The average Bonchev–Trinajstić information content (AvgIpc) is 2.43. The molecule has 0 aromatic heterocycles. The Bertz CT molecular complexity index is 240. The molecule has 0 saturated carbocycles. The van der Waals surface area contributed by atoms with E-state index in [4.69, 9.17) is 9.47 Å². The van der Waals surface area contributed by atoms with E-state index in [2.05, 4.69) is 31.0 Å². The maximum Gasteiger partial charge on any atom is 0.0610 e. The van der Waals surface area contributed by atoms with E-state index in [9.17, 15) is 5.11 Å². The zero-order valence-electron chi connectivity index (χ0n) is 14.7. The van der Waals surface area contributed by atoms with Crippen LogP contribution in [0.4, 0.5) is 0 Å². The second kappa shape index (κ2) is 12.4. The highest BCUT2D eigenvalue weighted by molar-refractivity contribution is 4.84. The first kappa shape index (κ1) is 20.8. The van der Waals surface area contributed by atoms with Crippen molar-refractivity contribution in [1.82, 2.24) is 10.2 Å². The molecule has 21 heavy (non-hydrogen) atoms. The molecule has 0 aromatic carbocycles. The van der Waals surface area contributed by atoms with Crippen molar-refractivity contribution in [2.75, 3.05) is 53.7 Å². The monoisotopic (exact) mass is 304 g/mol. The largest absolute Gasteiger partial charge is 0.394 e. The Morgan fingerprint density at radius 3 is 2.19 bits per heavy atom. The van der Waals surface area contributed by atoms with Gasteiger partial charge in [0, 0.05) is 45.5 Å². The first-order chi connectivity index (χ1) is 9.97. The fourth-order valence-electron chi connectivity index (χ4n) is 2.57. The highest BCUT2D eigenvalue weighted by Gasteiger charge is 2.23. The molecule has 0 aliphatic heterocycles. The van der Waals surface area contributed by atoms with Crippen LogP contribution in [-0.2, 0) is 9.47 Å². The molecular formula is C16H36N2O3. The fourth-order valence-corrected chi connectivity index (χ4v) is 2.57. The Hall–Kier alpha value is -0.200. The standard InChI is InChI=1S/C16H36N2O3/c1-15(2)17-16(3,14-19)8-6-9-18(11-13-21-5)10-7-12-20-4/h15,17,19H,6-14H2,1-5H3. The topological polar surface area (TPSA) is 54.0 Å². The van der Waals surface area contributed by atoms with Crippen LogP contribution in [0, 0.1) is 0 Å². The zero-order valence-corrected chi connectivity index (χ0v) is 14.7. The van der Waals surface area contributed by atoms with Crippen molar-refractivity contribution in [2.45, 2.75) is 51.6 Å². The minimum atomic E-state index is -0.187. The Kier molecular flexibility index (Phi) is 12.2. The third-order valence-electron chi connectivity index (χ3n) is 3.62. The molecule has 0 aliphatic rings. The molecular weight excluding hydrogens is 268 g/mol. The summed E-state index contributed by atoms with van der Waals surface area (Å²) in [7, 11) is 3.48. The Labute approximate surface area is 131 Å². The van der Waals surface area contributed by atoms with Gasteiger partial charge in [0.15, 0.2) is 0 Å². The molecule has 2 N–H and O–H groups in total. The van der Waals surface area contributed by atoms with Gasteiger partial charge in [-0.3, -0.25) is 0 Å². The summed E-state index contributed by atoms with van der Waals surface area (Å²) in [6.07, 6.45) is 3.07. The van der Waals surface area contributed by atoms with E-state index >= 15 is 0 Å². The summed E-state index contributed by atoms with van der Waals surface area (Å²) in [6, 6.07) is 0.383. The van der Waals surface area contributed by atoms with Gasteiger partial charge in [-0.1, -0.05) is 13.8 Å². The van der Waals surface area contributed by atoms with Gasteiger partial charge in [0.05, 0.1) is 13.2 Å². The number of nitrogens with zero attached hydrogens (tertiary/aromatic N) is 1. The molecule has 0 radical (unpaired) electrons. The van der Waals surface area contributed by atoms with Crippen LogP contribution in [-0.4, -0.2) is 75.3 Å². The van der Waals surface area contributed by atoms with Crippen molar-refractivity contribution in [3.8, 4) is 0 Å².